The summed E-state index contributed by atoms with van der Waals surface area (Å²) >= 11 is 0. The number of fused-ring (bicyclic) bond motifs is 6. The molecule has 0 saturated carbocycles. The maximum Gasteiger partial charge on any atom is 0.133 e. The van der Waals surface area contributed by atoms with Gasteiger partial charge in [-0.1, -0.05) is 133 Å². The van der Waals surface area contributed by atoms with Crippen molar-refractivity contribution in [3.8, 4) is 5.75 Å². The van der Waals surface area contributed by atoms with Crippen LogP contribution >= 0.6 is 0 Å². The van der Waals surface area contributed by atoms with Crippen LogP contribution in [0.1, 0.15) is 100 Å². The first kappa shape index (κ1) is 41.9. The van der Waals surface area contributed by atoms with E-state index in [1.807, 2.05) is 0 Å². The fourth-order valence-corrected chi connectivity index (χ4v) is 13.1. The van der Waals surface area contributed by atoms with Crippen molar-refractivity contribution in [1.29, 1.82) is 0 Å². The molecule has 0 fully saturated rings. The van der Waals surface area contributed by atoms with Crippen molar-refractivity contribution in [3.63, 3.8) is 0 Å². The number of para-hydroxylation sites is 1. The van der Waals surface area contributed by atoms with Gasteiger partial charge in [-0.2, -0.15) is 0 Å². The summed E-state index contributed by atoms with van der Waals surface area (Å²) < 4.78 is 6.85. The minimum Gasteiger partial charge on any atom is -0.461 e. The zero-order valence-electron chi connectivity index (χ0n) is 39.1. The number of ether oxygens (including phenoxy) is 1. The first-order valence-corrected chi connectivity index (χ1v) is 25.9. The molecule has 0 spiro atoms. The van der Waals surface area contributed by atoms with E-state index in [4.69, 9.17) is 14.7 Å². The Morgan fingerprint density at radius 3 is 2.47 bits per heavy atom. The van der Waals surface area contributed by atoms with Crippen LogP contribution in [0, 0.1) is 29.6 Å². The van der Waals surface area contributed by atoms with E-state index in [9.17, 15) is 0 Å². The van der Waals surface area contributed by atoms with E-state index in [0.29, 0.717) is 17.8 Å². The molecule has 6 nitrogen and oxygen atoms in total. The van der Waals surface area contributed by atoms with Gasteiger partial charge in [-0.05, 0) is 147 Å². The summed E-state index contributed by atoms with van der Waals surface area (Å²) in [5.74, 6) is 5.56. The van der Waals surface area contributed by atoms with Gasteiger partial charge in [-0.15, -0.1) is 0 Å². The number of anilines is 2. The van der Waals surface area contributed by atoms with E-state index < -0.39 is 0 Å². The maximum absolute atomic E-state index is 6.85. The lowest BCUT2D eigenvalue weighted by Crippen LogP contribution is -2.57. The highest BCUT2D eigenvalue weighted by Crippen LogP contribution is 2.55. The van der Waals surface area contributed by atoms with E-state index in [0.717, 1.165) is 74.4 Å². The Hall–Kier alpha value is -6.24. The van der Waals surface area contributed by atoms with Crippen molar-refractivity contribution < 1.29 is 4.74 Å². The average molecular weight is 894 g/mol. The first-order chi connectivity index (χ1) is 33.7. The molecule has 2 aromatic carbocycles. The lowest BCUT2D eigenvalue weighted by Gasteiger charge is -2.40. The largest absolute Gasteiger partial charge is 0.461 e. The van der Waals surface area contributed by atoms with Gasteiger partial charge in [0, 0.05) is 52.9 Å². The molecule has 4 heterocycles. The van der Waals surface area contributed by atoms with E-state index in [-0.39, 0.29) is 42.0 Å². The number of nitrogens with zero attached hydrogens (tertiary/aromatic N) is 3. The third kappa shape index (κ3) is 7.79. The van der Waals surface area contributed by atoms with Crippen LogP contribution in [-0.2, 0) is 0 Å². The van der Waals surface area contributed by atoms with Gasteiger partial charge in [0.25, 0.3) is 0 Å². The molecule has 0 amide bonds. The normalized spacial score (nSPS) is 33.0. The predicted octanol–water partition coefficient (Wildman–Crippen LogP) is 13.7. The van der Waals surface area contributed by atoms with Gasteiger partial charge in [-0.25, -0.2) is 4.99 Å². The fourth-order valence-electron chi connectivity index (χ4n) is 13.1. The maximum atomic E-state index is 6.85. The minimum atomic E-state index is -0.108. The van der Waals surface area contributed by atoms with Gasteiger partial charge in [0.15, 0.2) is 0 Å². The molecule has 10 atom stereocenters. The Bertz CT molecular complexity index is 2850. The molecule has 4 aliphatic heterocycles. The molecule has 68 heavy (non-hydrogen) atoms. The standard InChI is InChI=1S/C62H63N5O/c1-6-18-40(19-7-1)45-32-46(41-20-8-2-9-21-41)34-47(33-45)48-36-54(62-65-60(42-22-10-3-11-23-42)64-61(66-62)43-24-12-4-13-25-43)59(63-39-48)44-30-31-57-52(35-44)53-37-51-50-28-16-17-29-55(50)67(49-26-14-5-15-27-49)56(51)38-58(53)68-57/h1-3,5-8,10-11,14-18,22,24,26-32,34,37-42,45,48,50,52,55,61-62,66H,4,9,12-13,19-21,23,25,33,35-36H2,(H,64,65). The zero-order chi connectivity index (χ0) is 45.0. The van der Waals surface area contributed by atoms with Crippen molar-refractivity contribution in [3.05, 3.63) is 208 Å². The topological polar surface area (TPSA) is 61.3 Å². The van der Waals surface area contributed by atoms with Crippen molar-refractivity contribution >= 4 is 23.4 Å². The van der Waals surface area contributed by atoms with Gasteiger partial charge in [0.1, 0.15) is 29.7 Å². The van der Waals surface area contributed by atoms with Crippen LogP contribution in [0.2, 0.25) is 0 Å². The van der Waals surface area contributed by atoms with Crippen LogP contribution in [-0.4, -0.2) is 30.4 Å². The molecular formula is C62H63N5O. The molecule has 342 valence electrons. The van der Waals surface area contributed by atoms with Crippen LogP contribution in [0.3, 0.4) is 0 Å². The van der Waals surface area contributed by atoms with Crippen LogP contribution in [0.15, 0.2) is 207 Å². The Morgan fingerprint density at radius 2 is 1.63 bits per heavy atom. The Kier molecular flexibility index (Phi) is 11.1. The van der Waals surface area contributed by atoms with Gasteiger partial charge < -0.3 is 15.0 Å². The van der Waals surface area contributed by atoms with Gasteiger partial charge in [0.2, 0.25) is 0 Å². The van der Waals surface area contributed by atoms with Crippen molar-refractivity contribution in [2.45, 2.75) is 107 Å². The van der Waals surface area contributed by atoms with Crippen LogP contribution in [0.5, 0.6) is 5.75 Å². The summed E-state index contributed by atoms with van der Waals surface area (Å²) in [4.78, 5) is 13.7. The highest BCUT2D eigenvalue weighted by Gasteiger charge is 2.43. The Morgan fingerprint density at radius 1 is 0.735 bits per heavy atom. The number of aliphatic imine (C=N–C) groups is 2. The number of benzene rings is 2. The SMILES string of the molecule is C1=CCC(C2=NC(C3=CCCCC3)NC(C3=C(C4=CC=C5Oc6cc7c(cc6C5C4)C4C=CC=CC4N7c4ccccc4)N=CC(C4=CC(C5CC=CCC5)=CC(C5C=CC=CC5)C4)C3)N2)C=C1. The van der Waals surface area contributed by atoms with E-state index in [2.05, 4.69) is 180 Å². The molecule has 11 aliphatic rings. The summed E-state index contributed by atoms with van der Waals surface area (Å²) in [6, 6.07) is 15.9. The third-order valence-electron chi connectivity index (χ3n) is 16.7. The summed E-state index contributed by atoms with van der Waals surface area (Å²) in [6.07, 6.45) is 59.9. The summed E-state index contributed by atoms with van der Waals surface area (Å²) in [7, 11) is 0. The number of nitrogens with one attached hydrogen (secondary N) is 2. The Balaban J connectivity index is 0.869. The summed E-state index contributed by atoms with van der Waals surface area (Å²) in [5.41, 5.74) is 13.4. The van der Waals surface area contributed by atoms with Crippen molar-refractivity contribution in [2.24, 2.45) is 39.6 Å². The molecule has 6 heteroatoms. The first-order valence-electron chi connectivity index (χ1n) is 25.9. The molecule has 0 bridgehead atoms. The predicted molar refractivity (Wildman–Crippen MR) is 279 cm³/mol. The molecular weight excluding hydrogens is 831 g/mol. The highest BCUT2D eigenvalue weighted by molar-refractivity contribution is 5.88. The van der Waals surface area contributed by atoms with Crippen molar-refractivity contribution in [2.75, 3.05) is 4.90 Å². The zero-order valence-corrected chi connectivity index (χ0v) is 39.1. The molecule has 0 radical (unpaired) electrons. The molecule has 0 aromatic heterocycles. The average Bonchev–Trinajstić information content (AvgIpc) is 3.95. The van der Waals surface area contributed by atoms with Crippen LogP contribution < -0.4 is 20.3 Å². The summed E-state index contributed by atoms with van der Waals surface area (Å²) in [6.45, 7) is 0. The number of rotatable bonds is 8. The second-order valence-electron chi connectivity index (χ2n) is 20.8. The van der Waals surface area contributed by atoms with E-state index in [1.165, 1.54) is 64.9 Å². The highest BCUT2D eigenvalue weighted by atomic mass is 16.5. The molecule has 10 unspecified atom stereocenters. The molecule has 7 aliphatic carbocycles. The van der Waals surface area contributed by atoms with Gasteiger partial charge in [-0.3, -0.25) is 10.3 Å². The molecule has 13 rings (SSSR count). The monoisotopic (exact) mass is 894 g/mol. The Labute approximate surface area is 402 Å². The number of hydrogen-bond acceptors (Lipinski definition) is 6. The van der Waals surface area contributed by atoms with E-state index in [1.54, 1.807) is 11.1 Å². The second-order valence-corrected chi connectivity index (χ2v) is 20.8. The van der Waals surface area contributed by atoms with Crippen LogP contribution in [0.4, 0.5) is 11.4 Å². The lowest BCUT2D eigenvalue weighted by molar-refractivity contribution is 0.413. The molecule has 2 N–H and O–H groups in total. The smallest absolute Gasteiger partial charge is 0.133 e. The third-order valence-corrected chi connectivity index (χ3v) is 16.7. The molecule has 2 aromatic rings. The lowest BCUT2D eigenvalue weighted by atomic mass is 9.71. The molecule has 0 saturated heterocycles. The van der Waals surface area contributed by atoms with Gasteiger partial charge in [0.05, 0.1) is 11.7 Å². The minimum absolute atomic E-state index is 0.0562. The van der Waals surface area contributed by atoms with Gasteiger partial charge >= 0.3 is 0 Å². The fraction of sp³-hybridized carbons (Fsp3) is 0.355. The quantitative estimate of drug-likeness (QED) is 0.259. The van der Waals surface area contributed by atoms with E-state index >= 15 is 0 Å². The second kappa shape index (κ2) is 18.0. The van der Waals surface area contributed by atoms with Crippen molar-refractivity contribution in [1.82, 2.24) is 10.6 Å². The number of amidine groups is 1. The number of allylic oxidation sites excluding steroid dienone is 20. The summed E-state index contributed by atoms with van der Waals surface area (Å²) in [5, 5.41) is 8.20. The number of hydrogen-bond donors (Lipinski definition) is 2. The van der Waals surface area contributed by atoms with Crippen LogP contribution in [0.25, 0.3) is 0 Å².